The van der Waals surface area contributed by atoms with Gasteiger partial charge in [0.15, 0.2) is 13.3 Å². The van der Waals surface area contributed by atoms with Crippen molar-refractivity contribution in [1.29, 1.82) is 0 Å². The fourth-order valence-corrected chi connectivity index (χ4v) is 3.52. The summed E-state index contributed by atoms with van der Waals surface area (Å²) in [6, 6.07) is -0.235. The van der Waals surface area contributed by atoms with E-state index in [9.17, 15) is 26.3 Å². The molecule has 23 heavy (non-hydrogen) atoms. The van der Waals surface area contributed by atoms with Crippen molar-refractivity contribution in [2.24, 2.45) is 5.92 Å². The molecule has 0 atom stereocenters. The molecule has 0 saturated heterocycles. The van der Waals surface area contributed by atoms with E-state index in [1.165, 1.54) is 21.3 Å². The fourth-order valence-electron chi connectivity index (χ4n) is 1.58. The quantitative estimate of drug-likeness (QED) is 0.366. The van der Waals surface area contributed by atoms with Gasteiger partial charge in [0.25, 0.3) is 0 Å². The van der Waals surface area contributed by atoms with E-state index < -0.39 is 53.5 Å². The Morgan fingerprint density at radius 3 is 1.39 bits per heavy atom. The third-order valence-corrected chi connectivity index (χ3v) is 5.79. The lowest BCUT2D eigenvalue weighted by Gasteiger charge is -2.29. The van der Waals surface area contributed by atoms with Gasteiger partial charge >= 0.3 is 21.0 Å². The predicted molar refractivity (Wildman–Crippen MR) is 68.8 cm³/mol. The number of rotatable bonds is 13. The first kappa shape index (κ1) is 22.6. The molecule has 0 heterocycles. The van der Waals surface area contributed by atoms with Gasteiger partial charge in [-0.25, -0.2) is 8.78 Å². The van der Waals surface area contributed by atoms with Crippen molar-refractivity contribution >= 4 is 8.80 Å². The van der Waals surface area contributed by atoms with E-state index in [0.29, 0.717) is 0 Å². The van der Waals surface area contributed by atoms with Crippen LogP contribution >= 0.6 is 0 Å². The fraction of sp³-hybridized carbons (Fsp3) is 1.00. The Kier molecular flexibility index (Phi) is 9.62. The van der Waals surface area contributed by atoms with E-state index in [-0.39, 0.29) is 6.04 Å². The number of alkyl halides is 6. The highest BCUT2D eigenvalue weighted by atomic mass is 28.4. The van der Waals surface area contributed by atoms with Crippen LogP contribution in [0, 0.1) is 5.92 Å². The molecule has 0 fully saturated rings. The van der Waals surface area contributed by atoms with Crippen LogP contribution in [0.4, 0.5) is 26.3 Å². The molecule has 0 aliphatic rings. The van der Waals surface area contributed by atoms with Gasteiger partial charge in [0, 0.05) is 33.3 Å². The highest BCUT2D eigenvalue weighted by molar-refractivity contribution is 6.60. The van der Waals surface area contributed by atoms with E-state index in [4.69, 9.17) is 13.3 Å². The van der Waals surface area contributed by atoms with Gasteiger partial charge in [-0.3, -0.25) is 0 Å². The summed E-state index contributed by atoms with van der Waals surface area (Å²) in [7, 11) is 0.349. The van der Waals surface area contributed by atoms with Crippen LogP contribution < -0.4 is 0 Å². The number of hydrogen-bond donors (Lipinski definition) is 0. The molecule has 0 aliphatic heterocycles. The third-order valence-electron chi connectivity index (χ3n) is 2.84. The van der Waals surface area contributed by atoms with Crippen LogP contribution in [0.5, 0.6) is 0 Å². The van der Waals surface area contributed by atoms with Gasteiger partial charge in [0.2, 0.25) is 0 Å². The molecule has 12 heteroatoms. The van der Waals surface area contributed by atoms with Crippen molar-refractivity contribution in [3.05, 3.63) is 0 Å². The summed E-state index contributed by atoms with van der Waals surface area (Å²) in [4.78, 5) is 0. The molecule has 0 N–H and O–H groups in total. The van der Waals surface area contributed by atoms with Gasteiger partial charge in [-0.2, -0.15) is 17.6 Å². The van der Waals surface area contributed by atoms with Gasteiger partial charge in [-0.05, 0) is 0 Å². The van der Waals surface area contributed by atoms with Crippen molar-refractivity contribution in [3.63, 3.8) is 0 Å². The Hall–Kier alpha value is -0.403. The first-order valence-electron chi connectivity index (χ1n) is 6.40. The minimum Gasteiger partial charge on any atom is -0.377 e. The minimum atomic E-state index is -4.07. The number of hydrogen-bond acceptors (Lipinski definition) is 5. The first-order valence-corrected chi connectivity index (χ1v) is 8.33. The van der Waals surface area contributed by atoms with Crippen LogP contribution in [0.3, 0.4) is 0 Å². The van der Waals surface area contributed by atoms with Crippen LogP contribution in [0.2, 0.25) is 6.04 Å². The van der Waals surface area contributed by atoms with Crippen molar-refractivity contribution in [3.8, 4) is 0 Å². The maximum Gasteiger partial charge on any atom is 0.500 e. The zero-order chi connectivity index (χ0) is 18.1. The molecule has 0 spiro atoms. The molecule has 0 rings (SSSR count). The van der Waals surface area contributed by atoms with Gasteiger partial charge in [0.1, 0.15) is 0 Å². The molecule has 0 bridgehead atoms. The van der Waals surface area contributed by atoms with Crippen molar-refractivity contribution in [2.45, 2.75) is 18.3 Å². The molecule has 0 aromatic rings. The average molecular weight is 374 g/mol. The summed E-state index contributed by atoms with van der Waals surface area (Å²) in [6.45, 7) is -5.85. The second-order valence-corrected chi connectivity index (χ2v) is 7.53. The summed E-state index contributed by atoms with van der Waals surface area (Å²) >= 11 is 0. The lowest BCUT2D eigenvalue weighted by Crippen LogP contribution is -2.46. The van der Waals surface area contributed by atoms with E-state index in [0.717, 1.165) is 0 Å². The number of halogens is 6. The van der Waals surface area contributed by atoms with E-state index in [1.807, 2.05) is 0 Å². The lowest BCUT2D eigenvalue weighted by atomic mass is 10.2. The second-order valence-electron chi connectivity index (χ2n) is 4.53. The average Bonchev–Trinajstić information content (AvgIpc) is 2.55. The maximum absolute atomic E-state index is 12.8. The summed E-state index contributed by atoms with van der Waals surface area (Å²) in [5.74, 6) is -1.13. The largest absolute Gasteiger partial charge is 0.500 e. The topological polar surface area (TPSA) is 46.2 Å². The standard InChI is InChI=1S/C11H20F6O5Si/c1-18-23(19-2,20-3)6-9(4-21-10(14,15)7-12)5-22-11(16,17)8-13/h9H,4-8H2,1-3H3. The van der Waals surface area contributed by atoms with Gasteiger partial charge < -0.3 is 22.8 Å². The van der Waals surface area contributed by atoms with E-state index in [1.54, 1.807) is 0 Å². The van der Waals surface area contributed by atoms with Gasteiger partial charge in [-0.15, -0.1) is 0 Å². The molecular weight excluding hydrogens is 354 g/mol. The maximum atomic E-state index is 12.8. The van der Waals surface area contributed by atoms with Crippen LogP contribution in [0.15, 0.2) is 0 Å². The first-order chi connectivity index (χ1) is 10.6. The molecule has 0 radical (unpaired) electrons. The SMILES string of the molecule is CO[Si](CC(COC(F)(F)CF)COC(F)(F)CF)(OC)OC. The monoisotopic (exact) mass is 374 g/mol. The molecule has 0 aromatic heterocycles. The van der Waals surface area contributed by atoms with Crippen molar-refractivity contribution < 1.29 is 49.1 Å². The van der Waals surface area contributed by atoms with Gasteiger partial charge in [-0.1, -0.05) is 0 Å². The summed E-state index contributed by atoms with van der Waals surface area (Å²) in [6.07, 6.45) is -8.14. The Morgan fingerprint density at radius 2 is 1.13 bits per heavy atom. The highest BCUT2D eigenvalue weighted by Gasteiger charge is 2.43. The van der Waals surface area contributed by atoms with Gasteiger partial charge in [0.05, 0.1) is 13.2 Å². The second kappa shape index (κ2) is 9.79. The van der Waals surface area contributed by atoms with Crippen LogP contribution in [-0.4, -0.2) is 68.9 Å². The molecule has 0 aromatic carbocycles. The van der Waals surface area contributed by atoms with Crippen molar-refractivity contribution in [2.75, 3.05) is 47.9 Å². The Morgan fingerprint density at radius 1 is 0.783 bits per heavy atom. The zero-order valence-electron chi connectivity index (χ0n) is 12.9. The van der Waals surface area contributed by atoms with Crippen LogP contribution in [0.25, 0.3) is 0 Å². The molecular formula is C11H20F6O5Si. The van der Waals surface area contributed by atoms with Crippen LogP contribution in [-0.2, 0) is 22.8 Å². The highest BCUT2D eigenvalue weighted by Crippen LogP contribution is 2.26. The third kappa shape index (κ3) is 8.31. The molecule has 5 nitrogen and oxygen atoms in total. The smallest absolute Gasteiger partial charge is 0.377 e. The normalized spacial score (nSPS) is 13.8. The Labute approximate surface area is 131 Å². The Balaban J connectivity index is 4.91. The number of ether oxygens (including phenoxy) is 2. The summed E-state index contributed by atoms with van der Waals surface area (Å²) in [5, 5.41) is 0. The molecule has 0 saturated carbocycles. The molecule has 0 aliphatic carbocycles. The summed E-state index contributed by atoms with van der Waals surface area (Å²) < 4.78 is 98.5. The zero-order valence-corrected chi connectivity index (χ0v) is 13.9. The predicted octanol–water partition coefficient (Wildman–Crippen LogP) is 2.64. The molecule has 0 unspecified atom stereocenters. The Bertz CT molecular complexity index is 304. The lowest BCUT2D eigenvalue weighted by molar-refractivity contribution is -0.270. The minimum absolute atomic E-state index is 0.235. The molecule has 140 valence electrons. The van der Waals surface area contributed by atoms with E-state index >= 15 is 0 Å². The van der Waals surface area contributed by atoms with Crippen molar-refractivity contribution in [1.82, 2.24) is 0 Å². The summed E-state index contributed by atoms with van der Waals surface area (Å²) in [5.41, 5.74) is 0. The van der Waals surface area contributed by atoms with E-state index in [2.05, 4.69) is 9.47 Å². The molecule has 0 amide bonds. The van der Waals surface area contributed by atoms with Crippen LogP contribution in [0.1, 0.15) is 0 Å².